The molecule has 0 aromatic heterocycles. The van der Waals surface area contributed by atoms with Crippen LogP contribution < -0.4 is 11.1 Å². The summed E-state index contributed by atoms with van der Waals surface area (Å²) in [5, 5.41) is 12.3. The third-order valence-electron chi connectivity index (χ3n) is 2.24. The summed E-state index contributed by atoms with van der Waals surface area (Å²) in [6.07, 6.45) is -0.0508. The fraction of sp³-hybridized carbons (Fsp3) is 0.417. The van der Waals surface area contributed by atoms with E-state index in [1.165, 1.54) is 0 Å². The first-order chi connectivity index (χ1) is 7.59. The topological polar surface area (TPSA) is 75.4 Å². The van der Waals surface area contributed by atoms with Gasteiger partial charge in [-0.1, -0.05) is 30.3 Å². The highest BCUT2D eigenvalue weighted by Gasteiger charge is 2.10. The van der Waals surface area contributed by atoms with E-state index < -0.39 is 12.1 Å². The van der Waals surface area contributed by atoms with E-state index in [0.29, 0.717) is 6.42 Å². The number of nitrogens with one attached hydrogen (secondary N) is 1. The Kier molecular flexibility index (Phi) is 4.95. The molecule has 0 aliphatic carbocycles. The quantitative estimate of drug-likeness (QED) is 0.659. The van der Waals surface area contributed by atoms with Crippen molar-refractivity contribution in [2.45, 2.75) is 25.5 Å². The Morgan fingerprint density at radius 3 is 2.62 bits per heavy atom. The molecule has 2 atom stereocenters. The van der Waals surface area contributed by atoms with Gasteiger partial charge in [-0.3, -0.25) is 4.79 Å². The molecule has 1 amide bonds. The summed E-state index contributed by atoms with van der Waals surface area (Å²) >= 11 is 0. The van der Waals surface area contributed by atoms with Crippen LogP contribution in [0.2, 0.25) is 0 Å². The molecule has 0 aliphatic rings. The van der Waals surface area contributed by atoms with Crippen molar-refractivity contribution in [2.24, 2.45) is 5.73 Å². The van der Waals surface area contributed by atoms with Crippen molar-refractivity contribution in [3.05, 3.63) is 35.9 Å². The zero-order chi connectivity index (χ0) is 12.0. The molecule has 4 nitrogen and oxygen atoms in total. The van der Waals surface area contributed by atoms with Crippen LogP contribution in [-0.4, -0.2) is 29.7 Å². The van der Waals surface area contributed by atoms with Crippen LogP contribution in [0.15, 0.2) is 30.3 Å². The molecule has 0 fully saturated rings. The number of aliphatic hydroxyl groups excluding tert-OH is 1. The van der Waals surface area contributed by atoms with E-state index in [1.54, 1.807) is 6.92 Å². The molecule has 0 aliphatic heterocycles. The number of hydrogen-bond donors (Lipinski definition) is 3. The Bertz CT molecular complexity index is 325. The fourth-order valence-electron chi connectivity index (χ4n) is 1.34. The van der Waals surface area contributed by atoms with E-state index in [2.05, 4.69) is 5.32 Å². The van der Waals surface area contributed by atoms with E-state index >= 15 is 0 Å². The van der Waals surface area contributed by atoms with Gasteiger partial charge in [-0.05, 0) is 12.5 Å². The SMILES string of the molecule is C[C@H](N)C(=O)NCC(O)Cc1ccccc1. The monoisotopic (exact) mass is 222 g/mol. The van der Waals surface area contributed by atoms with Gasteiger partial charge in [0.25, 0.3) is 0 Å². The largest absolute Gasteiger partial charge is 0.391 e. The second-order valence-electron chi connectivity index (χ2n) is 3.88. The van der Waals surface area contributed by atoms with E-state index in [0.717, 1.165) is 5.56 Å². The minimum atomic E-state index is -0.579. The van der Waals surface area contributed by atoms with Crippen molar-refractivity contribution in [2.75, 3.05) is 6.54 Å². The number of nitrogens with two attached hydrogens (primary N) is 1. The molecule has 88 valence electrons. The molecular weight excluding hydrogens is 204 g/mol. The summed E-state index contributed by atoms with van der Waals surface area (Å²) in [6.45, 7) is 1.84. The van der Waals surface area contributed by atoms with Gasteiger partial charge < -0.3 is 16.2 Å². The van der Waals surface area contributed by atoms with Crippen molar-refractivity contribution in [1.82, 2.24) is 5.32 Å². The van der Waals surface area contributed by atoms with Crippen LogP contribution in [0.25, 0.3) is 0 Å². The van der Waals surface area contributed by atoms with Crippen molar-refractivity contribution < 1.29 is 9.90 Å². The lowest BCUT2D eigenvalue weighted by atomic mass is 10.1. The Labute approximate surface area is 95.5 Å². The minimum Gasteiger partial charge on any atom is -0.391 e. The molecule has 1 unspecified atom stereocenters. The van der Waals surface area contributed by atoms with Crippen molar-refractivity contribution >= 4 is 5.91 Å². The predicted molar refractivity (Wildman–Crippen MR) is 62.8 cm³/mol. The maximum atomic E-state index is 11.2. The number of hydrogen-bond acceptors (Lipinski definition) is 3. The smallest absolute Gasteiger partial charge is 0.236 e. The summed E-state index contributed by atoms with van der Waals surface area (Å²) in [7, 11) is 0. The maximum Gasteiger partial charge on any atom is 0.236 e. The molecule has 4 heteroatoms. The van der Waals surface area contributed by atoms with Gasteiger partial charge in [0.1, 0.15) is 0 Å². The highest BCUT2D eigenvalue weighted by Crippen LogP contribution is 2.02. The summed E-state index contributed by atoms with van der Waals surface area (Å²) in [4.78, 5) is 11.2. The molecule has 1 aromatic carbocycles. The van der Waals surface area contributed by atoms with Crippen LogP contribution in [-0.2, 0) is 11.2 Å². The van der Waals surface area contributed by atoms with E-state index in [-0.39, 0.29) is 12.5 Å². The number of carbonyl (C=O) groups is 1. The predicted octanol–water partition coefficient (Wildman–Crippen LogP) is 0.0534. The average Bonchev–Trinajstić information content (AvgIpc) is 2.27. The zero-order valence-electron chi connectivity index (χ0n) is 9.39. The summed E-state index contributed by atoms with van der Waals surface area (Å²) in [6, 6.07) is 9.11. The van der Waals surface area contributed by atoms with Gasteiger partial charge in [0.2, 0.25) is 5.91 Å². The van der Waals surface area contributed by atoms with Gasteiger partial charge in [0, 0.05) is 13.0 Å². The molecule has 16 heavy (non-hydrogen) atoms. The summed E-state index contributed by atoms with van der Waals surface area (Å²) in [5.74, 6) is -0.243. The molecular formula is C12H18N2O2. The first-order valence-electron chi connectivity index (χ1n) is 5.35. The van der Waals surface area contributed by atoms with Crippen LogP contribution in [0.5, 0.6) is 0 Å². The number of carbonyl (C=O) groups excluding carboxylic acids is 1. The summed E-state index contributed by atoms with van der Waals surface area (Å²) in [5.41, 5.74) is 6.43. The van der Waals surface area contributed by atoms with Gasteiger partial charge in [-0.25, -0.2) is 0 Å². The highest BCUT2D eigenvalue weighted by atomic mass is 16.3. The van der Waals surface area contributed by atoms with E-state index in [9.17, 15) is 9.90 Å². The lowest BCUT2D eigenvalue weighted by Crippen LogP contribution is -2.42. The molecule has 0 radical (unpaired) electrons. The lowest BCUT2D eigenvalue weighted by Gasteiger charge is -2.13. The second-order valence-corrected chi connectivity index (χ2v) is 3.88. The molecule has 1 rings (SSSR count). The number of amides is 1. The summed E-state index contributed by atoms with van der Waals surface area (Å²) < 4.78 is 0. The third kappa shape index (κ3) is 4.42. The number of benzene rings is 1. The normalized spacial score (nSPS) is 14.2. The first-order valence-corrected chi connectivity index (χ1v) is 5.35. The number of rotatable bonds is 5. The average molecular weight is 222 g/mol. The fourth-order valence-corrected chi connectivity index (χ4v) is 1.34. The van der Waals surface area contributed by atoms with Crippen molar-refractivity contribution in [1.29, 1.82) is 0 Å². The van der Waals surface area contributed by atoms with Crippen molar-refractivity contribution in [3.63, 3.8) is 0 Å². The van der Waals surface area contributed by atoms with Crippen LogP contribution >= 0.6 is 0 Å². The van der Waals surface area contributed by atoms with Gasteiger partial charge in [-0.2, -0.15) is 0 Å². The Morgan fingerprint density at radius 1 is 1.44 bits per heavy atom. The van der Waals surface area contributed by atoms with E-state index in [1.807, 2.05) is 30.3 Å². The van der Waals surface area contributed by atoms with Gasteiger partial charge >= 0.3 is 0 Å². The maximum absolute atomic E-state index is 11.2. The van der Waals surface area contributed by atoms with Crippen LogP contribution in [0.3, 0.4) is 0 Å². The molecule has 0 bridgehead atoms. The molecule has 0 saturated heterocycles. The second kappa shape index (κ2) is 6.25. The number of aliphatic hydroxyl groups is 1. The third-order valence-corrected chi connectivity index (χ3v) is 2.24. The zero-order valence-corrected chi connectivity index (χ0v) is 9.39. The minimum absolute atomic E-state index is 0.231. The van der Waals surface area contributed by atoms with Gasteiger partial charge in [-0.15, -0.1) is 0 Å². The Morgan fingerprint density at radius 2 is 2.06 bits per heavy atom. The standard InChI is InChI=1S/C12H18N2O2/c1-9(13)12(16)14-8-11(15)7-10-5-3-2-4-6-10/h2-6,9,11,15H,7-8,13H2,1H3,(H,14,16)/t9-,11?/m0/s1. The van der Waals surface area contributed by atoms with Crippen LogP contribution in [0, 0.1) is 0 Å². The Hall–Kier alpha value is -1.39. The van der Waals surface area contributed by atoms with Gasteiger partial charge in [0.15, 0.2) is 0 Å². The molecule has 1 aromatic rings. The first kappa shape index (κ1) is 12.7. The van der Waals surface area contributed by atoms with Crippen LogP contribution in [0.1, 0.15) is 12.5 Å². The molecule has 0 spiro atoms. The van der Waals surface area contributed by atoms with E-state index in [4.69, 9.17) is 5.73 Å². The van der Waals surface area contributed by atoms with Crippen molar-refractivity contribution in [3.8, 4) is 0 Å². The molecule has 0 heterocycles. The Balaban J connectivity index is 2.31. The molecule has 4 N–H and O–H groups in total. The van der Waals surface area contributed by atoms with Gasteiger partial charge in [0.05, 0.1) is 12.1 Å². The van der Waals surface area contributed by atoms with Crippen LogP contribution in [0.4, 0.5) is 0 Å². The lowest BCUT2D eigenvalue weighted by molar-refractivity contribution is -0.122. The molecule has 0 saturated carbocycles. The highest BCUT2D eigenvalue weighted by molar-refractivity contribution is 5.80.